The predicted octanol–water partition coefficient (Wildman–Crippen LogP) is 1.13. The first-order valence-corrected chi connectivity index (χ1v) is 8.07. The van der Waals surface area contributed by atoms with Gasteiger partial charge in [0.15, 0.2) is 0 Å². The number of likely N-dealkylation sites (N-methyl/N-ethyl adjacent to an activating group) is 1. The van der Waals surface area contributed by atoms with E-state index in [1.165, 1.54) is 51.3 Å². The molecule has 2 N–H and O–H groups in total. The zero-order valence-electron chi connectivity index (χ0n) is 13.0. The first-order chi connectivity index (χ1) is 10.2. The fourth-order valence-electron chi connectivity index (χ4n) is 3.39. The lowest BCUT2D eigenvalue weighted by Crippen LogP contribution is -2.47. The molecular formula is C16H27N5. The van der Waals surface area contributed by atoms with E-state index in [9.17, 15) is 0 Å². The van der Waals surface area contributed by atoms with Gasteiger partial charge < -0.3 is 20.4 Å². The summed E-state index contributed by atoms with van der Waals surface area (Å²) in [7, 11) is 2.22. The molecule has 0 atom stereocenters. The van der Waals surface area contributed by atoms with Gasteiger partial charge in [0.2, 0.25) is 0 Å². The Morgan fingerprint density at radius 2 is 1.81 bits per heavy atom. The second-order valence-electron chi connectivity index (χ2n) is 6.51. The van der Waals surface area contributed by atoms with Crippen LogP contribution in [-0.4, -0.2) is 67.6 Å². The van der Waals surface area contributed by atoms with Crippen molar-refractivity contribution in [3.63, 3.8) is 0 Å². The number of piperazine rings is 1. The van der Waals surface area contributed by atoms with Crippen molar-refractivity contribution in [3.05, 3.63) is 18.5 Å². The first kappa shape index (κ1) is 14.6. The Bertz CT molecular complexity index is 448. The number of nitrogen functional groups attached to an aromatic ring is 1. The molecule has 116 valence electrons. The van der Waals surface area contributed by atoms with E-state index in [2.05, 4.69) is 26.7 Å². The highest BCUT2D eigenvalue weighted by atomic mass is 15.2. The minimum Gasteiger partial charge on any atom is -0.397 e. The van der Waals surface area contributed by atoms with E-state index in [1.54, 1.807) is 6.20 Å². The Labute approximate surface area is 127 Å². The molecule has 2 aliphatic heterocycles. The number of rotatable bonds is 3. The monoisotopic (exact) mass is 289 g/mol. The van der Waals surface area contributed by atoms with E-state index in [-0.39, 0.29) is 0 Å². The number of hydrogen-bond donors (Lipinski definition) is 1. The molecular weight excluding hydrogens is 262 g/mol. The van der Waals surface area contributed by atoms with Crippen molar-refractivity contribution in [2.75, 3.05) is 63.5 Å². The van der Waals surface area contributed by atoms with Crippen molar-refractivity contribution < 1.29 is 0 Å². The molecule has 2 saturated heterocycles. The molecule has 0 spiro atoms. The molecule has 0 bridgehead atoms. The summed E-state index contributed by atoms with van der Waals surface area (Å²) in [5, 5.41) is 0. The number of nitrogens with zero attached hydrogens (tertiary/aromatic N) is 4. The highest BCUT2D eigenvalue weighted by Crippen LogP contribution is 2.24. The van der Waals surface area contributed by atoms with Crippen LogP contribution in [0.4, 0.5) is 11.4 Å². The van der Waals surface area contributed by atoms with Gasteiger partial charge in [-0.1, -0.05) is 0 Å². The number of piperidine rings is 1. The number of anilines is 2. The molecule has 21 heavy (non-hydrogen) atoms. The third-order valence-electron chi connectivity index (χ3n) is 4.84. The Morgan fingerprint density at radius 3 is 2.48 bits per heavy atom. The van der Waals surface area contributed by atoms with E-state index in [4.69, 9.17) is 5.73 Å². The van der Waals surface area contributed by atoms with Crippen LogP contribution in [0.1, 0.15) is 12.8 Å². The van der Waals surface area contributed by atoms with Gasteiger partial charge in [-0.3, -0.25) is 4.98 Å². The smallest absolute Gasteiger partial charge is 0.0573 e. The van der Waals surface area contributed by atoms with Gasteiger partial charge in [-0.05, 0) is 31.9 Å². The van der Waals surface area contributed by atoms with Crippen LogP contribution >= 0.6 is 0 Å². The van der Waals surface area contributed by atoms with E-state index >= 15 is 0 Å². The van der Waals surface area contributed by atoms with E-state index in [1.807, 2.05) is 12.3 Å². The van der Waals surface area contributed by atoms with E-state index in [0.29, 0.717) is 0 Å². The van der Waals surface area contributed by atoms with Crippen LogP contribution in [0.25, 0.3) is 0 Å². The second kappa shape index (κ2) is 6.62. The van der Waals surface area contributed by atoms with Gasteiger partial charge >= 0.3 is 0 Å². The molecule has 0 saturated carbocycles. The summed E-state index contributed by atoms with van der Waals surface area (Å²) in [6, 6.07) is 2.04. The third-order valence-corrected chi connectivity index (χ3v) is 4.84. The van der Waals surface area contributed by atoms with E-state index in [0.717, 1.165) is 24.7 Å². The van der Waals surface area contributed by atoms with Crippen molar-refractivity contribution in [2.24, 2.45) is 5.92 Å². The fourth-order valence-corrected chi connectivity index (χ4v) is 3.39. The SMILES string of the molecule is CN1CCN(CC2CCN(c3cncc(N)c3)CC2)CC1. The Kier molecular flexibility index (Phi) is 4.60. The molecule has 0 radical (unpaired) electrons. The number of pyridine rings is 1. The van der Waals surface area contributed by atoms with Gasteiger partial charge in [-0.15, -0.1) is 0 Å². The topological polar surface area (TPSA) is 48.6 Å². The van der Waals surface area contributed by atoms with Crippen LogP contribution in [0.15, 0.2) is 18.5 Å². The summed E-state index contributed by atoms with van der Waals surface area (Å²) in [4.78, 5) is 11.7. The molecule has 2 aliphatic rings. The molecule has 5 nitrogen and oxygen atoms in total. The number of nitrogens with two attached hydrogens (primary N) is 1. The van der Waals surface area contributed by atoms with Crippen LogP contribution in [0.2, 0.25) is 0 Å². The summed E-state index contributed by atoms with van der Waals surface area (Å²) in [5.74, 6) is 0.846. The van der Waals surface area contributed by atoms with Gasteiger partial charge in [0.1, 0.15) is 0 Å². The van der Waals surface area contributed by atoms with Gasteiger partial charge in [0.25, 0.3) is 0 Å². The summed E-state index contributed by atoms with van der Waals surface area (Å²) in [6.07, 6.45) is 6.20. The molecule has 0 aliphatic carbocycles. The molecule has 5 heteroatoms. The second-order valence-corrected chi connectivity index (χ2v) is 6.51. The molecule has 0 unspecified atom stereocenters. The minimum atomic E-state index is 0.757. The third kappa shape index (κ3) is 3.86. The Morgan fingerprint density at radius 1 is 1.10 bits per heavy atom. The van der Waals surface area contributed by atoms with Crippen LogP contribution in [0.3, 0.4) is 0 Å². The average molecular weight is 289 g/mol. The largest absolute Gasteiger partial charge is 0.397 e. The highest BCUT2D eigenvalue weighted by Gasteiger charge is 2.23. The van der Waals surface area contributed by atoms with Crippen molar-refractivity contribution >= 4 is 11.4 Å². The maximum atomic E-state index is 5.83. The lowest BCUT2D eigenvalue weighted by atomic mass is 9.95. The van der Waals surface area contributed by atoms with Gasteiger partial charge in [0, 0.05) is 52.0 Å². The molecule has 3 heterocycles. The van der Waals surface area contributed by atoms with Crippen molar-refractivity contribution in [1.82, 2.24) is 14.8 Å². The van der Waals surface area contributed by atoms with Crippen molar-refractivity contribution in [2.45, 2.75) is 12.8 Å². The molecule has 1 aromatic heterocycles. The van der Waals surface area contributed by atoms with Gasteiger partial charge in [-0.2, -0.15) is 0 Å². The lowest BCUT2D eigenvalue weighted by Gasteiger charge is -2.38. The number of aromatic nitrogens is 1. The summed E-state index contributed by atoms with van der Waals surface area (Å²) in [5.41, 5.74) is 7.76. The highest BCUT2D eigenvalue weighted by molar-refractivity contribution is 5.53. The zero-order valence-corrected chi connectivity index (χ0v) is 13.0. The summed E-state index contributed by atoms with van der Waals surface area (Å²) in [6.45, 7) is 8.43. The van der Waals surface area contributed by atoms with Crippen LogP contribution in [0.5, 0.6) is 0 Å². The summed E-state index contributed by atoms with van der Waals surface area (Å²) >= 11 is 0. The van der Waals surface area contributed by atoms with Crippen LogP contribution in [-0.2, 0) is 0 Å². The van der Waals surface area contributed by atoms with Gasteiger partial charge in [0.05, 0.1) is 17.6 Å². The van der Waals surface area contributed by atoms with Crippen LogP contribution < -0.4 is 10.6 Å². The molecule has 3 rings (SSSR count). The van der Waals surface area contributed by atoms with Crippen molar-refractivity contribution in [3.8, 4) is 0 Å². The zero-order chi connectivity index (χ0) is 14.7. The number of hydrogen-bond acceptors (Lipinski definition) is 5. The average Bonchev–Trinajstić information content (AvgIpc) is 2.50. The Balaban J connectivity index is 1.47. The summed E-state index contributed by atoms with van der Waals surface area (Å²) < 4.78 is 0. The molecule has 2 fully saturated rings. The molecule has 0 amide bonds. The Hall–Kier alpha value is -1.33. The first-order valence-electron chi connectivity index (χ1n) is 8.07. The molecule has 1 aromatic rings. The normalized spacial score (nSPS) is 22.6. The maximum absolute atomic E-state index is 5.83. The maximum Gasteiger partial charge on any atom is 0.0573 e. The van der Waals surface area contributed by atoms with Crippen molar-refractivity contribution in [1.29, 1.82) is 0 Å². The fraction of sp³-hybridized carbons (Fsp3) is 0.688. The molecule has 0 aromatic carbocycles. The van der Waals surface area contributed by atoms with E-state index < -0.39 is 0 Å². The minimum absolute atomic E-state index is 0.757. The lowest BCUT2D eigenvalue weighted by molar-refractivity contribution is 0.129. The quantitative estimate of drug-likeness (QED) is 0.904. The van der Waals surface area contributed by atoms with Gasteiger partial charge in [-0.25, -0.2) is 0 Å². The van der Waals surface area contributed by atoms with Crippen LogP contribution in [0, 0.1) is 5.92 Å². The predicted molar refractivity (Wildman–Crippen MR) is 87.5 cm³/mol. The standard InChI is InChI=1S/C16H27N5/c1-19-6-8-20(9-7-19)13-14-2-4-21(5-3-14)16-10-15(17)11-18-12-16/h10-12,14H,2-9,13,17H2,1H3.